The molecule has 0 saturated carbocycles. The third kappa shape index (κ3) is 5.55. The third-order valence-corrected chi connectivity index (χ3v) is 5.46. The molecule has 1 aliphatic rings. The van der Waals surface area contributed by atoms with Crippen LogP contribution in [-0.4, -0.2) is 28.5 Å². The molecular formula is C22H19F3N2O3S. The number of anilines is 1. The summed E-state index contributed by atoms with van der Waals surface area (Å²) < 4.78 is 38.6. The average molecular weight is 448 g/mol. The molecule has 0 spiro atoms. The number of alkyl halides is 3. The van der Waals surface area contributed by atoms with Gasteiger partial charge in [-0.15, -0.1) is 0 Å². The molecule has 0 aliphatic carbocycles. The van der Waals surface area contributed by atoms with E-state index in [-0.39, 0.29) is 10.5 Å². The molecule has 0 radical (unpaired) electrons. The van der Waals surface area contributed by atoms with Crippen molar-refractivity contribution in [2.75, 3.05) is 11.9 Å². The molecule has 1 N–H and O–H groups in total. The molecule has 3 rings (SSSR count). The van der Waals surface area contributed by atoms with E-state index in [9.17, 15) is 27.6 Å². The first-order valence-electron chi connectivity index (χ1n) is 9.37. The molecular weight excluding hydrogens is 429 g/mol. The Morgan fingerprint density at radius 1 is 1.13 bits per heavy atom. The SMILES string of the molecule is CC(C)c1ccc(NC(=O)CN2C(=O)S/C(=C/c3cccc(C(F)(F)F)c3)C2=O)cc1. The maximum Gasteiger partial charge on any atom is 0.416 e. The summed E-state index contributed by atoms with van der Waals surface area (Å²) in [5.74, 6) is -0.943. The summed E-state index contributed by atoms with van der Waals surface area (Å²) in [6, 6.07) is 11.6. The molecule has 0 atom stereocenters. The van der Waals surface area contributed by atoms with Crippen molar-refractivity contribution >= 4 is 40.6 Å². The first-order valence-corrected chi connectivity index (χ1v) is 10.2. The lowest BCUT2D eigenvalue weighted by Crippen LogP contribution is -2.36. The van der Waals surface area contributed by atoms with Crippen molar-refractivity contribution in [2.45, 2.75) is 25.9 Å². The van der Waals surface area contributed by atoms with Crippen LogP contribution in [-0.2, 0) is 15.8 Å². The Morgan fingerprint density at radius 2 is 1.81 bits per heavy atom. The van der Waals surface area contributed by atoms with Gasteiger partial charge in [-0.25, -0.2) is 0 Å². The van der Waals surface area contributed by atoms with Crippen LogP contribution in [0.5, 0.6) is 0 Å². The van der Waals surface area contributed by atoms with Crippen molar-refractivity contribution < 1.29 is 27.6 Å². The summed E-state index contributed by atoms with van der Waals surface area (Å²) in [7, 11) is 0. The Balaban J connectivity index is 1.69. The molecule has 1 saturated heterocycles. The number of carbonyl (C=O) groups excluding carboxylic acids is 3. The van der Waals surface area contributed by atoms with Gasteiger partial charge in [0.1, 0.15) is 6.54 Å². The van der Waals surface area contributed by atoms with Gasteiger partial charge >= 0.3 is 6.18 Å². The van der Waals surface area contributed by atoms with Crippen LogP contribution in [0.3, 0.4) is 0 Å². The molecule has 3 amide bonds. The lowest BCUT2D eigenvalue weighted by atomic mass is 10.0. The monoisotopic (exact) mass is 448 g/mol. The normalized spacial score (nSPS) is 15.8. The Bertz CT molecular complexity index is 1050. The molecule has 0 aromatic heterocycles. The molecule has 31 heavy (non-hydrogen) atoms. The molecule has 9 heteroatoms. The number of benzene rings is 2. The van der Waals surface area contributed by atoms with E-state index in [0.717, 1.165) is 22.6 Å². The zero-order valence-electron chi connectivity index (χ0n) is 16.7. The molecule has 162 valence electrons. The first kappa shape index (κ1) is 22.6. The highest BCUT2D eigenvalue weighted by atomic mass is 32.2. The standard InChI is InChI=1S/C22H19F3N2O3S/c1-13(2)15-6-8-17(9-7-15)26-19(28)12-27-20(29)18(31-21(27)30)11-14-4-3-5-16(10-14)22(23,24)25/h3-11,13H,12H2,1-2H3,(H,26,28)/b18-11+. The number of nitrogens with one attached hydrogen (secondary N) is 1. The Kier molecular flexibility index (Phi) is 6.54. The van der Waals surface area contributed by atoms with Gasteiger partial charge in [-0.05, 0) is 59.1 Å². The van der Waals surface area contributed by atoms with Crippen LogP contribution >= 0.6 is 11.8 Å². The second kappa shape index (κ2) is 8.97. The zero-order valence-corrected chi connectivity index (χ0v) is 17.5. The number of rotatable bonds is 5. The molecule has 0 unspecified atom stereocenters. The average Bonchev–Trinajstić information content (AvgIpc) is 2.95. The van der Waals surface area contributed by atoms with Crippen molar-refractivity contribution in [2.24, 2.45) is 0 Å². The van der Waals surface area contributed by atoms with Gasteiger partial charge in [0, 0.05) is 5.69 Å². The second-order valence-corrected chi connectivity index (χ2v) is 8.21. The highest BCUT2D eigenvalue weighted by Gasteiger charge is 2.36. The lowest BCUT2D eigenvalue weighted by molar-refractivity contribution is -0.137. The Hall–Kier alpha value is -3.07. The summed E-state index contributed by atoms with van der Waals surface area (Å²) in [5.41, 5.74) is 0.905. The van der Waals surface area contributed by atoms with Gasteiger partial charge in [0.25, 0.3) is 11.1 Å². The topological polar surface area (TPSA) is 66.5 Å². The summed E-state index contributed by atoms with van der Waals surface area (Å²) >= 11 is 0.581. The Labute approximate surface area is 181 Å². The van der Waals surface area contributed by atoms with E-state index in [4.69, 9.17) is 0 Å². The third-order valence-electron chi connectivity index (χ3n) is 4.55. The van der Waals surface area contributed by atoms with Crippen LogP contribution < -0.4 is 5.32 Å². The number of nitrogens with zero attached hydrogens (tertiary/aromatic N) is 1. The molecule has 1 heterocycles. The van der Waals surface area contributed by atoms with E-state index >= 15 is 0 Å². The fourth-order valence-corrected chi connectivity index (χ4v) is 3.73. The second-order valence-electron chi connectivity index (χ2n) is 7.22. The first-order chi connectivity index (χ1) is 14.5. The van der Waals surface area contributed by atoms with E-state index < -0.39 is 35.3 Å². The number of halogens is 3. The lowest BCUT2D eigenvalue weighted by Gasteiger charge is -2.13. The molecule has 1 fully saturated rings. The van der Waals surface area contributed by atoms with Crippen LogP contribution in [0.2, 0.25) is 0 Å². The highest BCUT2D eigenvalue weighted by molar-refractivity contribution is 8.18. The Morgan fingerprint density at radius 3 is 2.42 bits per heavy atom. The van der Waals surface area contributed by atoms with Gasteiger partial charge in [0.2, 0.25) is 5.91 Å². The van der Waals surface area contributed by atoms with Gasteiger partial charge in [-0.2, -0.15) is 13.2 Å². The van der Waals surface area contributed by atoms with Crippen molar-refractivity contribution in [1.82, 2.24) is 4.90 Å². The van der Waals surface area contributed by atoms with Gasteiger partial charge in [-0.3, -0.25) is 19.3 Å². The van der Waals surface area contributed by atoms with Gasteiger partial charge in [-0.1, -0.05) is 38.1 Å². The van der Waals surface area contributed by atoms with Crippen LogP contribution in [0.1, 0.15) is 36.5 Å². The van der Waals surface area contributed by atoms with E-state index in [1.807, 2.05) is 26.0 Å². The summed E-state index contributed by atoms with van der Waals surface area (Å²) in [6.07, 6.45) is -3.31. The number of amides is 3. The predicted octanol–water partition coefficient (Wildman–Crippen LogP) is 5.50. The van der Waals surface area contributed by atoms with Crippen molar-refractivity contribution in [3.63, 3.8) is 0 Å². The van der Waals surface area contributed by atoms with Crippen LogP contribution in [0, 0.1) is 0 Å². The fourth-order valence-electron chi connectivity index (χ4n) is 2.89. The van der Waals surface area contributed by atoms with E-state index in [2.05, 4.69) is 5.32 Å². The minimum atomic E-state index is -4.52. The number of thioether (sulfide) groups is 1. The van der Waals surface area contributed by atoms with E-state index in [0.29, 0.717) is 23.4 Å². The maximum atomic E-state index is 12.9. The smallest absolute Gasteiger partial charge is 0.325 e. The zero-order chi connectivity index (χ0) is 22.8. The largest absolute Gasteiger partial charge is 0.416 e. The highest BCUT2D eigenvalue weighted by Crippen LogP contribution is 2.34. The molecule has 0 bridgehead atoms. The molecule has 5 nitrogen and oxygen atoms in total. The summed E-state index contributed by atoms with van der Waals surface area (Å²) in [5, 5.41) is 1.97. The van der Waals surface area contributed by atoms with Gasteiger partial charge < -0.3 is 5.32 Å². The van der Waals surface area contributed by atoms with Crippen LogP contribution in [0.15, 0.2) is 53.4 Å². The summed E-state index contributed by atoms with van der Waals surface area (Å²) in [4.78, 5) is 37.7. The fraction of sp³-hybridized carbons (Fsp3) is 0.227. The summed E-state index contributed by atoms with van der Waals surface area (Å²) in [6.45, 7) is 3.59. The minimum absolute atomic E-state index is 0.0431. The number of imide groups is 1. The number of hydrogen-bond donors (Lipinski definition) is 1. The number of carbonyl (C=O) groups is 3. The van der Waals surface area contributed by atoms with Crippen molar-refractivity contribution in [3.8, 4) is 0 Å². The van der Waals surface area contributed by atoms with Crippen molar-refractivity contribution in [1.29, 1.82) is 0 Å². The molecule has 2 aromatic rings. The van der Waals surface area contributed by atoms with Crippen LogP contribution in [0.4, 0.5) is 23.7 Å². The number of hydrogen-bond acceptors (Lipinski definition) is 4. The molecule has 2 aromatic carbocycles. The van der Waals surface area contributed by atoms with Gasteiger partial charge in [0.15, 0.2) is 0 Å². The molecule has 1 aliphatic heterocycles. The van der Waals surface area contributed by atoms with Gasteiger partial charge in [0.05, 0.1) is 10.5 Å². The quantitative estimate of drug-likeness (QED) is 0.613. The van der Waals surface area contributed by atoms with Crippen molar-refractivity contribution in [3.05, 3.63) is 70.1 Å². The maximum absolute atomic E-state index is 12.9. The minimum Gasteiger partial charge on any atom is -0.325 e. The van der Waals surface area contributed by atoms with E-state index in [1.165, 1.54) is 18.2 Å². The van der Waals surface area contributed by atoms with E-state index in [1.54, 1.807) is 12.1 Å². The van der Waals surface area contributed by atoms with Crippen LogP contribution in [0.25, 0.3) is 6.08 Å². The predicted molar refractivity (Wildman–Crippen MR) is 113 cm³/mol.